The van der Waals surface area contributed by atoms with E-state index in [2.05, 4.69) is 10.3 Å². The van der Waals surface area contributed by atoms with Crippen LogP contribution < -0.4 is 5.32 Å². The third-order valence-electron chi connectivity index (χ3n) is 4.19. The fourth-order valence-electron chi connectivity index (χ4n) is 2.62. The molecule has 0 saturated heterocycles. The van der Waals surface area contributed by atoms with Gasteiger partial charge in [0.15, 0.2) is 9.84 Å². The van der Waals surface area contributed by atoms with Gasteiger partial charge < -0.3 is 10.4 Å². The number of benzene rings is 2. The molecule has 3 aromatic rings. The molecule has 0 unspecified atom stereocenters. The Morgan fingerprint density at radius 1 is 1.03 bits per heavy atom. The highest BCUT2D eigenvalue weighted by Gasteiger charge is 2.24. The van der Waals surface area contributed by atoms with Crippen molar-refractivity contribution in [1.82, 2.24) is 10.3 Å². The average Bonchev–Trinajstić information content (AvgIpc) is 3.16. The minimum atomic E-state index is -4.06. The summed E-state index contributed by atoms with van der Waals surface area (Å²) >= 11 is 0.819. The largest absolute Gasteiger partial charge is 0.465 e. The third-order valence-corrected chi connectivity index (χ3v) is 8.48. The minimum absolute atomic E-state index is 0.106. The molecule has 0 fully saturated rings. The van der Waals surface area contributed by atoms with Crippen molar-refractivity contribution in [2.75, 3.05) is 6.26 Å². The Hall–Kier alpha value is -2.76. The Morgan fingerprint density at radius 3 is 2.27 bits per heavy atom. The summed E-state index contributed by atoms with van der Waals surface area (Å²) in [5.41, 5.74) is 2.14. The van der Waals surface area contributed by atoms with Gasteiger partial charge in [-0.25, -0.2) is 26.6 Å². The van der Waals surface area contributed by atoms with Crippen molar-refractivity contribution in [2.45, 2.75) is 27.5 Å². The molecule has 0 atom stereocenters. The second-order valence-corrected chi connectivity index (χ2v) is 11.9. The topological polar surface area (TPSA) is 130 Å². The van der Waals surface area contributed by atoms with Gasteiger partial charge in [-0.1, -0.05) is 29.8 Å². The molecule has 0 saturated carbocycles. The molecule has 0 spiro atoms. The summed E-state index contributed by atoms with van der Waals surface area (Å²) in [5.74, 6) is 0. The van der Waals surface area contributed by atoms with Crippen molar-refractivity contribution in [2.24, 2.45) is 0 Å². The number of amides is 1. The van der Waals surface area contributed by atoms with E-state index in [1.165, 1.54) is 12.1 Å². The number of rotatable bonds is 6. The van der Waals surface area contributed by atoms with Crippen molar-refractivity contribution in [3.8, 4) is 11.1 Å². The molecule has 8 nitrogen and oxygen atoms in total. The van der Waals surface area contributed by atoms with Crippen LogP contribution in [0.3, 0.4) is 0 Å². The van der Waals surface area contributed by atoms with Crippen LogP contribution in [-0.2, 0) is 26.2 Å². The van der Waals surface area contributed by atoms with Crippen LogP contribution in [-0.4, -0.2) is 39.3 Å². The Kier molecular flexibility index (Phi) is 5.97. The predicted octanol–water partition coefficient (Wildman–Crippen LogP) is 3.12. The lowest BCUT2D eigenvalue weighted by Gasteiger charge is -2.10. The summed E-state index contributed by atoms with van der Waals surface area (Å²) in [5, 5.41) is 11.1. The van der Waals surface area contributed by atoms with E-state index in [1.807, 2.05) is 19.1 Å². The van der Waals surface area contributed by atoms with Gasteiger partial charge in [-0.3, -0.25) is 0 Å². The molecule has 0 aliphatic carbocycles. The molecule has 2 aromatic carbocycles. The van der Waals surface area contributed by atoms with Gasteiger partial charge in [-0.15, -0.1) is 11.3 Å². The number of hydrogen-bond donors (Lipinski definition) is 2. The van der Waals surface area contributed by atoms with E-state index < -0.39 is 25.8 Å². The molecule has 1 aromatic heterocycles. The summed E-state index contributed by atoms with van der Waals surface area (Å²) in [4.78, 5) is 14.3. The molecule has 0 aliphatic heterocycles. The quantitative estimate of drug-likeness (QED) is 0.571. The van der Waals surface area contributed by atoms with Gasteiger partial charge in [0.1, 0.15) is 9.22 Å². The Morgan fingerprint density at radius 2 is 1.67 bits per heavy atom. The first-order valence-electron chi connectivity index (χ1n) is 8.55. The van der Waals surface area contributed by atoms with Gasteiger partial charge in [0.25, 0.3) is 0 Å². The molecule has 158 valence electrons. The van der Waals surface area contributed by atoms with Crippen molar-refractivity contribution in [3.63, 3.8) is 0 Å². The van der Waals surface area contributed by atoms with Crippen LogP contribution in [0.25, 0.3) is 11.1 Å². The van der Waals surface area contributed by atoms with Crippen LogP contribution in [0, 0.1) is 6.92 Å². The van der Waals surface area contributed by atoms with Gasteiger partial charge in [0.05, 0.1) is 22.5 Å². The number of thiazole rings is 1. The Balaban J connectivity index is 2.11. The van der Waals surface area contributed by atoms with Crippen LogP contribution >= 0.6 is 11.3 Å². The first kappa shape index (κ1) is 21.9. The minimum Gasteiger partial charge on any atom is -0.465 e. The van der Waals surface area contributed by atoms with Crippen LogP contribution in [0.2, 0.25) is 0 Å². The number of sulfone groups is 2. The Bertz CT molecular complexity index is 1310. The highest BCUT2D eigenvalue weighted by Crippen LogP contribution is 2.32. The average molecular weight is 467 g/mol. The second-order valence-electron chi connectivity index (χ2n) is 6.57. The number of aryl methyl sites for hydroxylation is 1. The zero-order chi connectivity index (χ0) is 22.1. The Labute approximate surface area is 178 Å². The smallest absolute Gasteiger partial charge is 0.405 e. The maximum Gasteiger partial charge on any atom is 0.405 e. The zero-order valence-corrected chi connectivity index (χ0v) is 18.4. The lowest BCUT2D eigenvalue weighted by molar-refractivity contribution is 0.194. The van der Waals surface area contributed by atoms with Gasteiger partial charge in [0, 0.05) is 6.26 Å². The summed E-state index contributed by atoms with van der Waals surface area (Å²) in [6, 6.07) is 11.3. The lowest BCUT2D eigenvalue weighted by Crippen LogP contribution is -2.19. The van der Waals surface area contributed by atoms with E-state index in [4.69, 9.17) is 5.11 Å². The number of aromatic nitrogens is 1. The van der Waals surface area contributed by atoms with E-state index in [0.29, 0.717) is 11.1 Å². The molecule has 0 radical (unpaired) electrons. The molecule has 1 heterocycles. The standard InChI is InChI=1S/C19H18N2O6S3/c1-12-3-5-13(6-4-12)14-7-15(29(2,24)25)9-16(8-14)30(26,27)18-11-20-17(28-18)10-21-19(22)23/h3-9,11,21H,10H2,1-2H3,(H,22,23). The number of carboxylic acid groups (broad SMARTS) is 1. The maximum absolute atomic E-state index is 13.1. The summed E-state index contributed by atoms with van der Waals surface area (Å²) in [6.45, 7) is 1.78. The van der Waals surface area contributed by atoms with E-state index in [-0.39, 0.29) is 25.6 Å². The number of hydrogen-bond acceptors (Lipinski definition) is 7. The molecule has 3 rings (SSSR count). The molecular weight excluding hydrogens is 448 g/mol. The number of nitrogens with one attached hydrogen (secondary N) is 1. The highest BCUT2D eigenvalue weighted by molar-refractivity contribution is 7.93. The fourth-order valence-corrected chi connectivity index (χ4v) is 5.97. The fraction of sp³-hybridized carbons (Fsp3) is 0.158. The summed E-state index contributed by atoms with van der Waals surface area (Å²) in [6.07, 6.45) is 0.899. The maximum atomic E-state index is 13.1. The molecule has 30 heavy (non-hydrogen) atoms. The van der Waals surface area contributed by atoms with Crippen LogP contribution in [0.4, 0.5) is 4.79 Å². The molecular formula is C19H18N2O6S3. The normalized spacial score (nSPS) is 11.9. The molecule has 0 aliphatic rings. The monoisotopic (exact) mass is 466 g/mol. The summed E-state index contributed by atoms with van der Waals surface area (Å²) < 4.78 is 50.5. The predicted molar refractivity (Wildman–Crippen MR) is 112 cm³/mol. The SMILES string of the molecule is Cc1ccc(-c2cc(S(C)(=O)=O)cc(S(=O)(=O)c3cnc(CNC(=O)O)s3)c2)cc1. The van der Waals surface area contributed by atoms with Crippen molar-refractivity contribution in [1.29, 1.82) is 0 Å². The zero-order valence-electron chi connectivity index (χ0n) is 16.0. The molecule has 2 N–H and O–H groups in total. The molecule has 11 heteroatoms. The molecule has 1 amide bonds. The van der Waals surface area contributed by atoms with Crippen molar-refractivity contribution < 1.29 is 26.7 Å². The first-order valence-corrected chi connectivity index (χ1v) is 12.7. The van der Waals surface area contributed by atoms with Gasteiger partial charge >= 0.3 is 6.09 Å². The van der Waals surface area contributed by atoms with E-state index in [0.717, 1.165) is 35.4 Å². The van der Waals surface area contributed by atoms with Crippen LogP contribution in [0.15, 0.2) is 62.7 Å². The molecule has 0 bridgehead atoms. The van der Waals surface area contributed by atoms with Crippen LogP contribution in [0.1, 0.15) is 10.6 Å². The summed E-state index contributed by atoms with van der Waals surface area (Å²) in [7, 11) is -7.73. The van der Waals surface area contributed by atoms with Crippen LogP contribution in [0.5, 0.6) is 0 Å². The van der Waals surface area contributed by atoms with Crippen molar-refractivity contribution in [3.05, 3.63) is 59.2 Å². The van der Waals surface area contributed by atoms with Gasteiger partial charge in [0.2, 0.25) is 9.84 Å². The first-order chi connectivity index (χ1) is 14.0. The lowest BCUT2D eigenvalue weighted by atomic mass is 10.0. The van der Waals surface area contributed by atoms with E-state index in [1.54, 1.807) is 12.1 Å². The van der Waals surface area contributed by atoms with E-state index in [9.17, 15) is 21.6 Å². The van der Waals surface area contributed by atoms with Crippen molar-refractivity contribution >= 4 is 37.1 Å². The highest BCUT2D eigenvalue weighted by atomic mass is 32.2. The van der Waals surface area contributed by atoms with Gasteiger partial charge in [-0.2, -0.15) is 0 Å². The van der Waals surface area contributed by atoms with E-state index >= 15 is 0 Å². The number of nitrogens with zero attached hydrogens (tertiary/aromatic N) is 1. The van der Waals surface area contributed by atoms with Gasteiger partial charge in [-0.05, 0) is 36.2 Å². The second kappa shape index (κ2) is 8.17. The number of carbonyl (C=O) groups is 1. The third kappa shape index (κ3) is 4.86.